The summed E-state index contributed by atoms with van der Waals surface area (Å²) in [5.41, 5.74) is 1.14. The number of ether oxygens (including phenoxy) is 1. The average molecular weight is 235 g/mol. The van der Waals surface area contributed by atoms with Crippen molar-refractivity contribution in [3.8, 4) is 0 Å². The highest BCUT2D eigenvalue weighted by molar-refractivity contribution is 5.73. The minimum atomic E-state index is -0.803. The topological polar surface area (TPSA) is 49.8 Å². The fourth-order valence-corrected chi connectivity index (χ4v) is 2.06. The maximum absolute atomic E-state index is 11.2. The van der Waals surface area contributed by atoms with E-state index in [1.165, 1.54) is 0 Å². The number of hydrogen-bond donors (Lipinski definition) is 1. The molecule has 1 aromatic rings. The molecule has 0 bridgehead atoms. The minimum Gasteiger partial charge on any atom is -0.480 e. The maximum atomic E-state index is 11.2. The second-order valence-corrected chi connectivity index (χ2v) is 4.24. The van der Waals surface area contributed by atoms with Gasteiger partial charge < -0.3 is 9.84 Å². The molecule has 0 radical (unpaired) electrons. The number of hydrogen-bond acceptors (Lipinski definition) is 3. The molecule has 4 heteroatoms. The third-order valence-corrected chi connectivity index (χ3v) is 2.96. The summed E-state index contributed by atoms with van der Waals surface area (Å²) in [6.07, 6.45) is 0.886. The van der Waals surface area contributed by atoms with Gasteiger partial charge in [-0.25, -0.2) is 0 Å². The molecule has 1 aliphatic rings. The van der Waals surface area contributed by atoms with Gasteiger partial charge in [-0.1, -0.05) is 30.3 Å². The average Bonchev–Trinajstić information content (AvgIpc) is 2.56. The Morgan fingerprint density at radius 3 is 2.88 bits per heavy atom. The van der Waals surface area contributed by atoms with Gasteiger partial charge in [-0.05, 0) is 12.0 Å². The van der Waals surface area contributed by atoms with E-state index in [9.17, 15) is 9.90 Å². The molecule has 1 N–H and O–H groups in total. The Labute approximate surface area is 101 Å². The molecule has 0 amide bonds. The second kappa shape index (κ2) is 5.80. The summed E-state index contributed by atoms with van der Waals surface area (Å²) in [7, 11) is 0. The summed E-state index contributed by atoms with van der Waals surface area (Å²) < 4.78 is 5.31. The van der Waals surface area contributed by atoms with Crippen molar-refractivity contribution in [2.24, 2.45) is 0 Å². The van der Waals surface area contributed by atoms with Gasteiger partial charge in [0.2, 0.25) is 0 Å². The van der Waals surface area contributed by atoms with E-state index in [4.69, 9.17) is 4.74 Å². The van der Waals surface area contributed by atoms with E-state index < -0.39 is 12.0 Å². The highest BCUT2D eigenvalue weighted by Gasteiger charge is 2.27. The molecular weight excluding hydrogens is 218 g/mol. The van der Waals surface area contributed by atoms with Crippen LogP contribution in [0.5, 0.6) is 0 Å². The number of rotatable bonds is 3. The summed E-state index contributed by atoms with van der Waals surface area (Å²) in [5, 5.41) is 9.19. The van der Waals surface area contributed by atoms with E-state index >= 15 is 0 Å². The third kappa shape index (κ3) is 3.28. The second-order valence-electron chi connectivity index (χ2n) is 4.24. The Balaban J connectivity index is 2.07. The molecule has 1 aliphatic heterocycles. The minimum absolute atomic E-state index is 0.280. The fourth-order valence-electron chi connectivity index (χ4n) is 2.06. The van der Waals surface area contributed by atoms with Gasteiger partial charge in [0.25, 0.3) is 0 Å². The Morgan fingerprint density at radius 1 is 1.41 bits per heavy atom. The quantitative estimate of drug-likeness (QED) is 0.859. The van der Waals surface area contributed by atoms with E-state index in [1.54, 1.807) is 0 Å². The van der Waals surface area contributed by atoms with Crippen molar-refractivity contribution in [2.75, 3.05) is 19.8 Å². The molecule has 1 heterocycles. The Bertz CT molecular complexity index is 366. The van der Waals surface area contributed by atoms with Crippen molar-refractivity contribution in [2.45, 2.75) is 19.0 Å². The first-order valence-electron chi connectivity index (χ1n) is 5.86. The van der Waals surface area contributed by atoms with Gasteiger partial charge >= 0.3 is 5.97 Å². The van der Waals surface area contributed by atoms with Crippen LogP contribution in [0.3, 0.4) is 0 Å². The SMILES string of the molecule is O=C(O)[C@H]1COCCCN1Cc1ccccc1. The number of nitrogens with zero attached hydrogens (tertiary/aromatic N) is 1. The van der Waals surface area contributed by atoms with Crippen LogP contribution >= 0.6 is 0 Å². The first kappa shape index (κ1) is 12.1. The molecule has 2 rings (SSSR count). The summed E-state index contributed by atoms with van der Waals surface area (Å²) in [6.45, 7) is 2.37. The van der Waals surface area contributed by atoms with Crippen LogP contribution in [0.4, 0.5) is 0 Å². The van der Waals surface area contributed by atoms with E-state index in [1.807, 2.05) is 35.2 Å². The van der Waals surface area contributed by atoms with Crippen LogP contribution in [0.2, 0.25) is 0 Å². The zero-order valence-electron chi connectivity index (χ0n) is 9.71. The Hall–Kier alpha value is -1.39. The molecule has 4 nitrogen and oxygen atoms in total. The fraction of sp³-hybridized carbons (Fsp3) is 0.462. The van der Waals surface area contributed by atoms with E-state index in [-0.39, 0.29) is 6.61 Å². The van der Waals surface area contributed by atoms with Crippen LogP contribution in [0.25, 0.3) is 0 Å². The zero-order chi connectivity index (χ0) is 12.1. The molecule has 0 unspecified atom stereocenters. The lowest BCUT2D eigenvalue weighted by molar-refractivity contribution is -0.145. The van der Waals surface area contributed by atoms with E-state index in [0.717, 1.165) is 18.5 Å². The van der Waals surface area contributed by atoms with Crippen LogP contribution < -0.4 is 0 Å². The Kier molecular flexibility index (Phi) is 4.12. The number of benzene rings is 1. The highest BCUT2D eigenvalue weighted by atomic mass is 16.5. The predicted molar refractivity (Wildman–Crippen MR) is 63.7 cm³/mol. The third-order valence-electron chi connectivity index (χ3n) is 2.96. The predicted octanol–water partition coefficient (Wildman–Crippen LogP) is 1.36. The van der Waals surface area contributed by atoms with Gasteiger partial charge in [0.15, 0.2) is 0 Å². The van der Waals surface area contributed by atoms with Crippen molar-refractivity contribution in [1.29, 1.82) is 0 Å². The van der Waals surface area contributed by atoms with Gasteiger partial charge in [-0.2, -0.15) is 0 Å². The van der Waals surface area contributed by atoms with Crippen molar-refractivity contribution < 1.29 is 14.6 Å². The first-order chi connectivity index (χ1) is 8.27. The molecule has 92 valence electrons. The highest BCUT2D eigenvalue weighted by Crippen LogP contribution is 2.12. The lowest BCUT2D eigenvalue weighted by Crippen LogP contribution is -2.42. The maximum Gasteiger partial charge on any atom is 0.323 e. The molecule has 1 aromatic carbocycles. The van der Waals surface area contributed by atoms with Gasteiger partial charge in [0, 0.05) is 19.7 Å². The largest absolute Gasteiger partial charge is 0.480 e. The van der Waals surface area contributed by atoms with Gasteiger partial charge in [0.05, 0.1) is 6.61 Å². The van der Waals surface area contributed by atoms with Crippen molar-refractivity contribution in [1.82, 2.24) is 4.90 Å². The number of carboxylic acid groups (broad SMARTS) is 1. The molecule has 1 saturated heterocycles. The van der Waals surface area contributed by atoms with Crippen LogP contribution in [0.1, 0.15) is 12.0 Å². The number of aliphatic carboxylic acids is 1. The van der Waals surface area contributed by atoms with Crippen molar-refractivity contribution in [3.63, 3.8) is 0 Å². The van der Waals surface area contributed by atoms with Crippen LogP contribution in [0.15, 0.2) is 30.3 Å². The molecular formula is C13H17NO3. The van der Waals surface area contributed by atoms with Crippen molar-refractivity contribution in [3.05, 3.63) is 35.9 Å². The monoisotopic (exact) mass is 235 g/mol. The molecule has 0 spiro atoms. The van der Waals surface area contributed by atoms with Crippen LogP contribution in [0, 0.1) is 0 Å². The molecule has 1 fully saturated rings. The molecule has 0 aliphatic carbocycles. The van der Waals surface area contributed by atoms with E-state index in [2.05, 4.69) is 0 Å². The molecule has 0 saturated carbocycles. The smallest absolute Gasteiger partial charge is 0.323 e. The van der Waals surface area contributed by atoms with Gasteiger partial charge in [-0.15, -0.1) is 0 Å². The van der Waals surface area contributed by atoms with Crippen molar-refractivity contribution >= 4 is 5.97 Å². The van der Waals surface area contributed by atoms with Gasteiger partial charge in [-0.3, -0.25) is 9.69 Å². The normalized spacial score (nSPS) is 22.0. The molecule has 0 aromatic heterocycles. The van der Waals surface area contributed by atoms with Gasteiger partial charge in [0.1, 0.15) is 6.04 Å². The van der Waals surface area contributed by atoms with E-state index in [0.29, 0.717) is 13.2 Å². The summed E-state index contributed by atoms with van der Waals surface area (Å²) in [6, 6.07) is 9.41. The lowest BCUT2D eigenvalue weighted by Gasteiger charge is -2.25. The molecule has 17 heavy (non-hydrogen) atoms. The Morgan fingerprint density at radius 2 is 2.18 bits per heavy atom. The summed E-state index contributed by atoms with van der Waals surface area (Å²) >= 11 is 0. The molecule has 1 atom stereocenters. The lowest BCUT2D eigenvalue weighted by atomic mass is 10.1. The van der Waals surface area contributed by atoms with Crippen LogP contribution in [-0.2, 0) is 16.1 Å². The zero-order valence-corrected chi connectivity index (χ0v) is 9.71. The summed E-state index contributed by atoms with van der Waals surface area (Å²) in [4.78, 5) is 13.2. The number of carbonyl (C=O) groups is 1. The summed E-state index contributed by atoms with van der Waals surface area (Å²) in [5.74, 6) is -0.803. The van der Waals surface area contributed by atoms with Crippen LogP contribution in [-0.4, -0.2) is 41.8 Å². The first-order valence-corrected chi connectivity index (χ1v) is 5.86. The number of carboxylic acids is 1. The standard InChI is InChI=1S/C13H17NO3/c15-13(16)12-10-17-8-4-7-14(12)9-11-5-2-1-3-6-11/h1-3,5-6,12H,4,7-10H2,(H,15,16)/t12-/m1/s1.